The lowest BCUT2D eigenvalue weighted by Gasteiger charge is -2.20. The van der Waals surface area contributed by atoms with Gasteiger partial charge in [-0.1, -0.05) is 50.2 Å². The molecule has 2 aromatic rings. The Morgan fingerprint density at radius 2 is 1.69 bits per heavy atom. The van der Waals surface area contributed by atoms with Crippen LogP contribution >= 0.6 is 0 Å². The highest BCUT2D eigenvalue weighted by molar-refractivity contribution is 7.89. The molecule has 6 heteroatoms. The first kappa shape index (κ1) is 20.1. The minimum Gasteiger partial charge on any atom is -0.352 e. The number of sulfonamides is 1. The molecule has 26 heavy (non-hydrogen) atoms. The van der Waals surface area contributed by atoms with Gasteiger partial charge in [0.05, 0.1) is 4.90 Å². The first-order valence-corrected chi connectivity index (χ1v) is 10.3. The number of carbonyl (C=O) groups is 1. The van der Waals surface area contributed by atoms with Gasteiger partial charge in [0.2, 0.25) is 10.0 Å². The van der Waals surface area contributed by atoms with Gasteiger partial charge in [0.1, 0.15) is 0 Å². The first-order chi connectivity index (χ1) is 12.4. The fraction of sp³-hybridized carbons (Fsp3) is 0.350. The molecule has 0 aromatic heterocycles. The highest BCUT2D eigenvalue weighted by Gasteiger charge is 2.24. The third kappa shape index (κ3) is 4.71. The molecular weight excluding hydrogens is 348 g/mol. The van der Waals surface area contributed by atoms with Gasteiger partial charge in [-0.15, -0.1) is 0 Å². The average molecular weight is 375 g/mol. The third-order valence-electron chi connectivity index (χ3n) is 4.32. The summed E-state index contributed by atoms with van der Waals surface area (Å²) in [5.41, 5.74) is 2.13. The maximum absolute atomic E-state index is 12.8. The summed E-state index contributed by atoms with van der Waals surface area (Å²) in [6.45, 7) is 6.63. The number of hydrogen-bond donors (Lipinski definition) is 1. The second kappa shape index (κ2) is 8.96. The zero-order valence-electron chi connectivity index (χ0n) is 15.5. The van der Waals surface area contributed by atoms with Crippen molar-refractivity contribution in [2.75, 3.05) is 19.6 Å². The van der Waals surface area contributed by atoms with Gasteiger partial charge < -0.3 is 5.32 Å². The molecule has 1 N–H and O–H groups in total. The van der Waals surface area contributed by atoms with Crippen LogP contribution in [0.3, 0.4) is 0 Å². The minimum atomic E-state index is -3.60. The fourth-order valence-electron chi connectivity index (χ4n) is 2.79. The van der Waals surface area contributed by atoms with Crippen molar-refractivity contribution in [3.8, 4) is 0 Å². The molecule has 0 spiro atoms. The zero-order chi connectivity index (χ0) is 19.2. The van der Waals surface area contributed by atoms with Crippen molar-refractivity contribution in [1.29, 1.82) is 0 Å². The van der Waals surface area contributed by atoms with Gasteiger partial charge in [0, 0.05) is 25.2 Å². The Bertz CT molecular complexity index is 845. The Morgan fingerprint density at radius 3 is 2.31 bits per heavy atom. The lowest BCUT2D eigenvalue weighted by molar-refractivity contribution is 0.0954. The van der Waals surface area contributed by atoms with Gasteiger partial charge >= 0.3 is 0 Å². The Morgan fingerprint density at radius 1 is 1.04 bits per heavy atom. The fourth-order valence-corrected chi connectivity index (χ4v) is 4.50. The molecule has 0 aliphatic carbocycles. The van der Waals surface area contributed by atoms with E-state index >= 15 is 0 Å². The summed E-state index contributed by atoms with van der Waals surface area (Å²) in [4.78, 5) is 12.6. The maximum Gasteiger partial charge on any atom is 0.251 e. The van der Waals surface area contributed by atoms with E-state index in [1.807, 2.05) is 30.3 Å². The van der Waals surface area contributed by atoms with E-state index in [4.69, 9.17) is 0 Å². The van der Waals surface area contributed by atoms with Crippen LogP contribution in [0.4, 0.5) is 0 Å². The van der Waals surface area contributed by atoms with E-state index < -0.39 is 10.0 Å². The average Bonchev–Trinajstić information content (AvgIpc) is 2.63. The zero-order valence-corrected chi connectivity index (χ0v) is 16.3. The molecule has 0 heterocycles. The Labute approximate surface area is 156 Å². The number of hydrogen-bond acceptors (Lipinski definition) is 3. The van der Waals surface area contributed by atoms with E-state index in [1.165, 1.54) is 10.4 Å². The van der Waals surface area contributed by atoms with Crippen molar-refractivity contribution in [1.82, 2.24) is 9.62 Å². The Balaban J connectivity index is 2.14. The molecule has 0 bridgehead atoms. The van der Waals surface area contributed by atoms with Gasteiger partial charge in [-0.3, -0.25) is 4.79 Å². The lowest BCUT2D eigenvalue weighted by atomic mass is 10.1. The maximum atomic E-state index is 12.8. The van der Waals surface area contributed by atoms with Gasteiger partial charge in [0.25, 0.3) is 5.91 Å². The van der Waals surface area contributed by atoms with E-state index in [0.717, 1.165) is 12.0 Å². The van der Waals surface area contributed by atoms with Crippen LogP contribution < -0.4 is 5.32 Å². The molecule has 0 aliphatic heterocycles. The largest absolute Gasteiger partial charge is 0.352 e. The van der Waals surface area contributed by atoms with Crippen LogP contribution in [0.2, 0.25) is 0 Å². The minimum absolute atomic E-state index is 0.192. The predicted octanol–water partition coefficient (Wildman–Crippen LogP) is 3.00. The van der Waals surface area contributed by atoms with Crippen molar-refractivity contribution in [3.05, 3.63) is 65.2 Å². The number of carbonyl (C=O) groups excluding carboxylic acids is 1. The summed E-state index contributed by atoms with van der Waals surface area (Å²) in [7, 11) is -3.60. The topological polar surface area (TPSA) is 66.5 Å². The van der Waals surface area contributed by atoms with Gasteiger partial charge in [-0.25, -0.2) is 8.42 Å². The summed E-state index contributed by atoms with van der Waals surface area (Å²) in [6, 6.07) is 14.7. The third-order valence-corrected chi connectivity index (χ3v) is 6.51. The van der Waals surface area contributed by atoms with E-state index in [9.17, 15) is 13.2 Å². The Kier molecular flexibility index (Phi) is 6.94. The van der Waals surface area contributed by atoms with Crippen molar-refractivity contribution in [2.45, 2.75) is 32.1 Å². The van der Waals surface area contributed by atoms with Crippen LogP contribution in [-0.4, -0.2) is 38.3 Å². The normalized spacial score (nSPS) is 11.5. The highest BCUT2D eigenvalue weighted by atomic mass is 32.2. The molecule has 2 aromatic carbocycles. The second-order valence-electron chi connectivity index (χ2n) is 6.06. The second-order valence-corrected chi connectivity index (χ2v) is 7.97. The summed E-state index contributed by atoms with van der Waals surface area (Å²) in [5, 5.41) is 2.86. The summed E-state index contributed by atoms with van der Waals surface area (Å²) < 4.78 is 27.0. The molecule has 0 saturated heterocycles. The summed E-state index contributed by atoms with van der Waals surface area (Å²) in [6.07, 6.45) is 0.725. The Hall–Kier alpha value is -2.18. The quantitative estimate of drug-likeness (QED) is 0.772. The molecule has 2 rings (SSSR count). The van der Waals surface area contributed by atoms with Crippen molar-refractivity contribution >= 4 is 15.9 Å². The standard InChI is InChI=1S/C20H26N2O3S/c1-4-22(5-2)26(24,25)19-15-18(12-11-16(19)3)20(23)21-14-13-17-9-7-6-8-10-17/h6-12,15H,4-5,13-14H2,1-3H3,(H,21,23). The van der Waals surface area contributed by atoms with Crippen LogP contribution in [-0.2, 0) is 16.4 Å². The molecule has 0 atom stereocenters. The predicted molar refractivity (Wildman–Crippen MR) is 104 cm³/mol. The molecule has 1 amide bonds. The van der Waals surface area contributed by atoms with E-state index in [0.29, 0.717) is 30.8 Å². The summed E-state index contributed by atoms with van der Waals surface area (Å²) in [5.74, 6) is -0.267. The molecule has 0 saturated carbocycles. The smallest absolute Gasteiger partial charge is 0.251 e. The van der Waals surface area contributed by atoms with Crippen LogP contribution in [0.25, 0.3) is 0 Å². The van der Waals surface area contributed by atoms with Crippen LogP contribution in [0.15, 0.2) is 53.4 Å². The first-order valence-electron chi connectivity index (χ1n) is 8.83. The number of benzene rings is 2. The summed E-state index contributed by atoms with van der Waals surface area (Å²) >= 11 is 0. The van der Waals surface area contributed by atoms with E-state index in [2.05, 4.69) is 5.32 Å². The lowest BCUT2D eigenvalue weighted by Crippen LogP contribution is -2.31. The molecular formula is C20H26N2O3S. The molecule has 0 aliphatic rings. The molecule has 5 nitrogen and oxygen atoms in total. The molecule has 0 radical (unpaired) electrons. The van der Waals surface area contributed by atoms with Gasteiger partial charge in [-0.05, 0) is 36.6 Å². The SMILES string of the molecule is CCN(CC)S(=O)(=O)c1cc(C(=O)NCCc2ccccc2)ccc1C. The van der Waals surface area contributed by atoms with Crippen LogP contribution in [0.5, 0.6) is 0 Å². The highest BCUT2D eigenvalue weighted by Crippen LogP contribution is 2.21. The number of nitrogens with one attached hydrogen (secondary N) is 1. The van der Waals surface area contributed by atoms with Crippen molar-refractivity contribution < 1.29 is 13.2 Å². The van der Waals surface area contributed by atoms with E-state index in [-0.39, 0.29) is 10.8 Å². The molecule has 0 unspecified atom stereocenters. The number of amides is 1. The van der Waals surface area contributed by atoms with Crippen LogP contribution in [0, 0.1) is 6.92 Å². The number of nitrogens with zero attached hydrogens (tertiary/aromatic N) is 1. The van der Waals surface area contributed by atoms with Crippen LogP contribution in [0.1, 0.15) is 35.3 Å². The van der Waals surface area contributed by atoms with Crippen molar-refractivity contribution in [3.63, 3.8) is 0 Å². The van der Waals surface area contributed by atoms with Gasteiger partial charge in [0.15, 0.2) is 0 Å². The van der Waals surface area contributed by atoms with E-state index in [1.54, 1.807) is 32.9 Å². The van der Waals surface area contributed by atoms with Crippen molar-refractivity contribution in [2.24, 2.45) is 0 Å². The number of rotatable bonds is 8. The molecule has 140 valence electrons. The molecule has 0 fully saturated rings. The van der Waals surface area contributed by atoms with Gasteiger partial charge in [-0.2, -0.15) is 4.31 Å². The number of aryl methyl sites for hydroxylation is 1. The monoisotopic (exact) mass is 374 g/mol.